The van der Waals surface area contributed by atoms with E-state index in [1.54, 1.807) is 6.92 Å². The molecule has 0 aliphatic carbocycles. The fourth-order valence-corrected chi connectivity index (χ4v) is 3.74. The second-order valence-corrected chi connectivity index (χ2v) is 7.03. The molecule has 0 N–H and O–H groups in total. The lowest BCUT2D eigenvalue weighted by Crippen LogP contribution is -2.47. The summed E-state index contributed by atoms with van der Waals surface area (Å²) in [5.74, 6) is -1.14. The Labute approximate surface area is 160 Å². The van der Waals surface area contributed by atoms with Crippen molar-refractivity contribution in [1.82, 2.24) is 4.90 Å². The summed E-state index contributed by atoms with van der Waals surface area (Å²) in [6.07, 6.45) is 0.530. The maximum Gasteiger partial charge on any atom is 0.316 e. The van der Waals surface area contributed by atoms with Crippen molar-refractivity contribution < 1.29 is 14.3 Å². The van der Waals surface area contributed by atoms with Gasteiger partial charge in [-0.25, -0.2) is 0 Å². The number of anilines is 1. The summed E-state index contributed by atoms with van der Waals surface area (Å²) in [6, 6.07) is 14.9. The van der Waals surface area contributed by atoms with Gasteiger partial charge >= 0.3 is 5.97 Å². The van der Waals surface area contributed by atoms with E-state index in [1.807, 2.05) is 0 Å². The molecule has 144 valence electrons. The molecule has 0 radical (unpaired) electrons. The molecule has 1 aliphatic rings. The average molecular weight is 368 g/mol. The number of piperazine rings is 1. The Morgan fingerprint density at radius 1 is 1.04 bits per heavy atom. The summed E-state index contributed by atoms with van der Waals surface area (Å²) in [5.41, 5.74) is 1.28. The summed E-state index contributed by atoms with van der Waals surface area (Å²) in [6.45, 7) is 8.03. The van der Waals surface area contributed by atoms with E-state index in [-0.39, 0.29) is 11.8 Å². The van der Waals surface area contributed by atoms with E-state index in [2.05, 4.69) is 52.3 Å². The fourth-order valence-electron chi connectivity index (χ4n) is 3.74. The number of esters is 1. The van der Waals surface area contributed by atoms with Crippen molar-refractivity contribution in [1.29, 1.82) is 0 Å². The van der Waals surface area contributed by atoms with Crippen molar-refractivity contribution in [2.75, 3.05) is 44.2 Å². The predicted molar refractivity (Wildman–Crippen MR) is 108 cm³/mol. The van der Waals surface area contributed by atoms with Crippen LogP contribution in [0.2, 0.25) is 0 Å². The first kappa shape index (κ1) is 19.4. The predicted octanol–water partition coefficient (Wildman–Crippen LogP) is 3.12. The highest BCUT2D eigenvalue weighted by Gasteiger charge is 2.26. The van der Waals surface area contributed by atoms with Crippen LogP contribution >= 0.6 is 0 Å². The number of hydrogen-bond acceptors (Lipinski definition) is 5. The van der Waals surface area contributed by atoms with E-state index < -0.39 is 5.92 Å². The summed E-state index contributed by atoms with van der Waals surface area (Å²) >= 11 is 0. The third-order valence-corrected chi connectivity index (χ3v) is 5.28. The Kier molecular flexibility index (Phi) is 6.45. The summed E-state index contributed by atoms with van der Waals surface area (Å²) in [7, 11) is 0. The van der Waals surface area contributed by atoms with Crippen LogP contribution in [0.25, 0.3) is 10.8 Å². The molecule has 2 aromatic rings. The number of fused-ring (bicyclic) bond motifs is 1. The van der Waals surface area contributed by atoms with Gasteiger partial charge in [-0.05, 0) is 38.3 Å². The minimum absolute atomic E-state index is 0.108. The highest BCUT2D eigenvalue weighted by Crippen LogP contribution is 2.27. The van der Waals surface area contributed by atoms with Gasteiger partial charge in [0, 0.05) is 37.3 Å². The molecule has 0 saturated carbocycles. The van der Waals surface area contributed by atoms with Gasteiger partial charge < -0.3 is 9.64 Å². The number of ether oxygens (including phenoxy) is 1. The van der Waals surface area contributed by atoms with Gasteiger partial charge in [0.05, 0.1) is 6.61 Å². The van der Waals surface area contributed by atoms with E-state index in [9.17, 15) is 9.59 Å². The molecule has 27 heavy (non-hydrogen) atoms. The zero-order valence-corrected chi connectivity index (χ0v) is 16.2. The summed E-state index contributed by atoms with van der Waals surface area (Å²) in [4.78, 5) is 28.5. The maximum absolute atomic E-state index is 11.9. The molecule has 1 heterocycles. The van der Waals surface area contributed by atoms with Crippen LogP contribution in [-0.2, 0) is 14.3 Å². The van der Waals surface area contributed by atoms with Crippen molar-refractivity contribution >= 4 is 28.2 Å². The quantitative estimate of drug-likeness (QED) is 0.555. The average Bonchev–Trinajstić information content (AvgIpc) is 2.68. The van der Waals surface area contributed by atoms with Crippen molar-refractivity contribution in [3.8, 4) is 0 Å². The van der Waals surface area contributed by atoms with Crippen LogP contribution in [0.5, 0.6) is 0 Å². The van der Waals surface area contributed by atoms with E-state index in [1.165, 1.54) is 23.4 Å². The third kappa shape index (κ3) is 4.66. The second-order valence-electron chi connectivity index (χ2n) is 7.03. The van der Waals surface area contributed by atoms with Crippen LogP contribution in [0, 0.1) is 5.92 Å². The maximum atomic E-state index is 11.9. The molecule has 0 spiro atoms. The molecular formula is C22H28N2O3. The number of carbonyl (C=O) groups is 2. The molecule has 0 aromatic heterocycles. The fraction of sp³-hybridized carbons (Fsp3) is 0.455. The number of carbonyl (C=O) groups excluding carboxylic acids is 2. The third-order valence-electron chi connectivity index (χ3n) is 5.28. The summed E-state index contributed by atoms with van der Waals surface area (Å²) in [5, 5.41) is 2.54. The Balaban J connectivity index is 1.57. The van der Waals surface area contributed by atoms with Gasteiger partial charge in [-0.3, -0.25) is 14.5 Å². The molecule has 1 atom stereocenters. The lowest BCUT2D eigenvalue weighted by Gasteiger charge is -2.37. The molecule has 1 aliphatic heterocycles. The number of hydrogen-bond donors (Lipinski definition) is 0. The number of rotatable bonds is 7. The molecule has 5 nitrogen and oxygen atoms in total. The largest absolute Gasteiger partial charge is 0.465 e. The van der Waals surface area contributed by atoms with Gasteiger partial charge in [0.25, 0.3) is 0 Å². The van der Waals surface area contributed by atoms with Crippen molar-refractivity contribution in [2.45, 2.75) is 20.3 Å². The zero-order valence-electron chi connectivity index (χ0n) is 16.2. The lowest BCUT2D eigenvalue weighted by atomic mass is 10.0. The van der Waals surface area contributed by atoms with Gasteiger partial charge in [0.15, 0.2) is 0 Å². The number of benzene rings is 2. The molecule has 0 bridgehead atoms. The Bertz CT molecular complexity index is 792. The van der Waals surface area contributed by atoms with Crippen LogP contribution in [0.15, 0.2) is 42.5 Å². The summed E-state index contributed by atoms with van der Waals surface area (Å²) < 4.78 is 5.03. The van der Waals surface area contributed by atoms with E-state index in [4.69, 9.17) is 4.74 Å². The molecule has 1 fully saturated rings. The molecule has 3 rings (SSSR count). The monoisotopic (exact) mass is 368 g/mol. The van der Waals surface area contributed by atoms with Gasteiger partial charge in [-0.1, -0.05) is 36.4 Å². The Morgan fingerprint density at radius 3 is 2.44 bits per heavy atom. The van der Waals surface area contributed by atoms with Crippen molar-refractivity contribution in [3.05, 3.63) is 42.5 Å². The molecule has 2 aromatic carbocycles. The molecule has 1 saturated heterocycles. The van der Waals surface area contributed by atoms with E-state index in [0.717, 1.165) is 32.7 Å². The first-order valence-corrected chi connectivity index (χ1v) is 9.72. The normalized spacial score (nSPS) is 16.3. The molecular weight excluding hydrogens is 340 g/mol. The van der Waals surface area contributed by atoms with Gasteiger partial charge in [0.2, 0.25) is 0 Å². The zero-order chi connectivity index (χ0) is 19.2. The standard InChI is InChI=1S/C22H28N2O3/c1-3-27-22(26)19(17(2)25)11-12-23-13-15-24(16-14-23)21-10-6-8-18-7-4-5-9-20(18)21/h4-10,19H,3,11-16H2,1-2H3. The number of nitrogens with zero attached hydrogens (tertiary/aromatic N) is 2. The SMILES string of the molecule is CCOC(=O)C(CCN1CCN(c2cccc3ccccc23)CC1)C(C)=O. The minimum atomic E-state index is -0.638. The van der Waals surface area contributed by atoms with Gasteiger partial charge in [-0.15, -0.1) is 0 Å². The first-order chi connectivity index (χ1) is 13.1. The minimum Gasteiger partial charge on any atom is -0.465 e. The highest BCUT2D eigenvalue weighted by atomic mass is 16.5. The smallest absolute Gasteiger partial charge is 0.316 e. The van der Waals surface area contributed by atoms with Gasteiger partial charge in [-0.2, -0.15) is 0 Å². The number of Topliss-reactive ketones (excluding diaryl/α,β-unsaturated/α-hetero) is 1. The van der Waals surface area contributed by atoms with Gasteiger partial charge in [0.1, 0.15) is 11.7 Å². The van der Waals surface area contributed by atoms with Crippen LogP contribution in [-0.4, -0.2) is 56.0 Å². The highest BCUT2D eigenvalue weighted by molar-refractivity contribution is 5.97. The van der Waals surface area contributed by atoms with Crippen LogP contribution < -0.4 is 4.90 Å². The molecule has 5 heteroatoms. The second kappa shape index (κ2) is 9.00. The first-order valence-electron chi connectivity index (χ1n) is 9.72. The van der Waals surface area contributed by atoms with Crippen molar-refractivity contribution in [3.63, 3.8) is 0 Å². The molecule has 1 unspecified atom stereocenters. The lowest BCUT2D eigenvalue weighted by molar-refractivity contribution is -0.151. The van der Waals surface area contributed by atoms with E-state index in [0.29, 0.717) is 13.0 Å². The topological polar surface area (TPSA) is 49.9 Å². The van der Waals surface area contributed by atoms with Crippen LogP contribution in [0.1, 0.15) is 20.3 Å². The van der Waals surface area contributed by atoms with Crippen molar-refractivity contribution in [2.24, 2.45) is 5.92 Å². The Morgan fingerprint density at radius 2 is 1.74 bits per heavy atom. The van der Waals surface area contributed by atoms with Crippen LogP contribution in [0.4, 0.5) is 5.69 Å². The van der Waals surface area contributed by atoms with Crippen LogP contribution in [0.3, 0.4) is 0 Å². The van der Waals surface area contributed by atoms with E-state index >= 15 is 0 Å². The number of ketones is 1. The Hall–Kier alpha value is -2.40. The molecule has 0 amide bonds.